The number of hydrogen-bond acceptors (Lipinski definition) is 5. The van der Waals surface area contributed by atoms with Crippen molar-refractivity contribution in [2.24, 2.45) is 0 Å². The fraction of sp³-hybridized carbons (Fsp3) is 0.263. The minimum atomic E-state index is 0.0157. The maximum Gasteiger partial charge on any atom is 0.270 e. The summed E-state index contributed by atoms with van der Waals surface area (Å²) in [6.45, 7) is 2.62. The number of rotatable bonds is 3. The number of amides is 1. The summed E-state index contributed by atoms with van der Waals surface area (Å²) in [5, 5.41) is 4.99. The Bertz CT molecular complexity index is 901. The predicted molar refractivity (Wildman–Crippen MR) is 103 cm³/mol. The van der Waals surface area contributed by atoms with Gasteiger partial charge in [-0.15, -0.1) is 11.3 Å². The van der Waals surface area contributed by atoms with Crippen molar-refractivity contribution >= 4 is 34.3 Å². The first-order chi connectivity index (χ1) is 12.2. The molecule has 1 aliphatic heterocycles. The zero-order valence-corrected chi connectivity index (χ0v) is 15.7. The van der Waals surface area contributed by atoms with E-state index in [0.717, 1.165) is 40.5 Å². The van der Waals surface area contributed by atoms with E-state index in [-0.39, 0.29) is 5.91 Å². The van der Waals surface area contributed by atoms with Gasteiger partial charge in [0.15, 0.2) is 0 Å². The molecule has 0 spiro atoms. The van der Waals surface area contributed by atoms with Gasteiger partial charge in [0.05, 0.1) is 18.5 Å². The van der Waals surface area contributed by atoms with Crippen LogP contribution >= 0.6 is 22.7 Å². The quantitative estimate of drug-likeness (QED) is 0.666. The lowest BCUT2D eigenvalue weighted by molar-refractivity contribution is 0.0987. The number of para-hydroxylation sites is 1. The summed E-state index contributed by atoms with van der Waals surface area (Å²) in [5.41, 5.74) is 3.94. The molecule has 0 saturated carbocycles. The second-order valence-corrected chi connectivity index (χ2v) is 7.75. The van der Waals surface area contributed by atoms with Crippen molar-refractivity contribution in [2.75, 3.05) is 18.6 Å². The second-order valence-electron chi connectivity index (χ2n) is 5.97. The number of thiazole rings is 1. The average Bonchev–Trinajstić information content (AvgIpc) is 3.29. The van der Waals surface area contributed by atoms with Crippen molar-refractivity contribution in [3.8, 4) is 16.3 Å². The molecule has 25 heavy (non-hydrogen) atoms. The molecule has 0 aliphatic carbocycles. The van der Waals surface area contributed by atoms with E-state index in [1.807, 2.05) is 35.4 Å². The van der Waals surface area contributed by atoms with E-state index in [1.54, 1.807) is 18.4 Å². The Morgan fingerprint density at radius 2 is 2.20 bits per heavy atom. The van der Waals surface area contributed by atoms with Crippen LogP contribution in [-0.2, 0) is 6.42 Å². The molecule has 3 heterocycles. The molecular weight excluding hydrogens is 352 g/mol. The maximum absolute atomic E-state index is 13.3. The van der Waals surface area contributed by atoms with Crippen LogP contribution in [0.3, 0.4) is 0 Å². The molecule has 6 heteroatoms. The molecule has 1 amide bonds. The highest BCUT2D eigenvalue weighted by Crippen LogP contribution is 2.38. The van der Waals surface area contributed by atoms with Gasteiger partial charge >= 0.3 is 0 Å². The molecule has 0 unspecified atom stereocenters. The molecule has 0 radical (unpaired) electrons. The molecule has 1 aliphatic rings. The standard InChI is InChI=1S/C19H18N2O2S2/c1-12-17(25-18(20-12)14-8-10-24-11-14)19(22)21-9-4-6-13-5-3-7-15(23-2)16(13)21/h3,5,7-8,10-11H,4,6,9H2,1-2H3. The Balaban J connectivity index is 1.74. The van der Waals surface area contributed by atoms with Crippen LogP contribution in [-0.4, -0.2) is 24.5 Å². The van der Waals surface area contributed by atoms with Gasteiger partial charge in [0, 0.05) is 17.5 Å². The van der Waals surface area contributed by atoms with Gasteiger partial charge in [0.2, 0.25) is 0 Å². The first-order valence-corrected chi connectivity index (χ1v) is 9.92. The third-order valence-corrected chi connectivity index (χ3v) is 6.28. The normalized spacial score (nSPS) is 13.6. The zero-order valence-electron chi connectivity index (χ0n) is 14.1. The highest BCUT2D eigenvalue weighted by Gasteiger charge is 2.29. The van der Waals surface area contributed by atoms with Crippen molar-refractivity contribution in [3.05, 3.63) is 51.2 Å². The van der Waals surface area contributed by atoms with E-state index < -0.39 is 0 Å². The summed E-state index contributed by atoms with van der Waals surface area (Å²) >= 11 is 3.11. The van der Waals surface area contributed by atoms with Gasteiger partial charge in [-0.1, -0.05) is 12.1 Å². The number of ether oxygens (including phenoxy) is 1. The Morgan fingerprint density at radius 3 is 2.96 bits per heavy atom. The number of methoxy groups -OCH3 is 1. The Labute approximate surface area is 154 Å². The van der Waals surface area contributed by atoms with Gasteiger partial charge < -0.3 is 9.64 Å². The van der Waals surface area contributed by atoms with Gasteiger partial charge in [-0.05, 0) is 42.8 Å². The van der Waals surface area contributed by atoms with E-state index in [1.165, 1.54) is 16.9 Å². The van der Waals surface area contributed by atoms with E-state index in [9.17, 15) is 4.79 Å². The van der Waals surface area contributed by atoms with Crippen LogP contribution in [0.2, 0.25) is 0 Å². The minimum Gasteiger partial charge on any atom is -0.495 e. The van der Waals surface area contributed by atoms with E-state index in [4.69, 9.17) is 4.74 Å². The highest BCUT2D eigenvalue weighted by molar-refractivity contribution is 7.17. The summed E-state index contributed by atoms with van der Waals surface area (Å²) in [6.07, 6.45) is 1.93. The Hall–Kier alpha value is -2.18. The number of thiophene rings is 1. The van der Waals surface area contributed by atoms with E-state index in [2.05, 4.69) is 16.4 Å². The largest absolute Gasteiger partial charge is 0.495 e. The van der Waals surface area contributed by atoms with Crippen molar-refractivity contribution in [3.63, 3.8) is 0 Å². The third-order valence-electron chi connectivity index (χ3n) is 4.40. The summed E-state index contributed by atoms with van der Waals surface area (Å²) in [5.74, 6) is 0.771. The molecule has 0 bridgehead atoms. The minimum absolute atomic E-state index is 0.0157. The molecule has 128 valence electrons. The van der Waals surface area contributed by atoms with Crippen LogP contribution in [0.5, 0.6) is 5.75 Å². The molecular formula is C19H18N2O2S2. The first kappa shape index (κ1) is 16.3. The zero-order chi connectivity index (χ0) is 17.4. The summed E-state index contributed by atoms with van der Waals surface area (Å²) in [7, 11) is 1.65. The number of hydrogen-bond donors (Lipinski definition) is 0. The maximum atomic E-state index is 13.3. The molecule has 2 aromatic heterocycles. The predicted octanol–water partition coefficient (Wildman–Crippen LogP) is 4.78. The Morgan fingerprint density at radius 1 is 1.32 bits per heavy atom. The Kier molecular flexibility index (Phi) is 4.31. The number of nitrogens with zero attached hydrogens (tertiary/aromatic N) is 2. The number of fused-ring (bicyclic) bond motifs is 1. The molecule has 0 N–H and O–H groups in total. The van der Waals surface area contributed by atoms with Crippen molar-refractivity contribution < 1.29 is 9.53 Å². The topological polar surface area (TPSA) is 42.4 Å². The number of aromatic nitrogens is 1. The molecule has 3 aromatic rings. The van der Waals surface area contributed by atoms with Crippen molar-refractivity contribution in [2.45, 2.75) is 19.8 Å². The van der Waals surface area contributed by atoms with Crippen LogP contribution in [0, 0.1) is 6.92 Å². The fourth-order valence-electron chi connectivity index (χ4n) is 3.21. The van der Waals surface area contributed by atoms with Gasteiger partial charge in [-0.3, -0.25) is 4.79 Å². The highest BCUT2D eigenvalue weighted by atomic mass is 32.1. The average molecular weight is 370 g/mol. The number of benzene rings is 1. The number of carbonyl (C=O) groups excluding carboxylic acids is 1. The summed E-state index contributed by atoms with van der Waals surface area (Å²) in [4.78, 5) is 20.5. The SMILES string of the molecule is COc1cccc2c1N(C(=O)c1sc(-c3ccsc3)nc1C)CCC2. The first-order valence-electron chi connectivity index (χ1n) is 8.17. The second kappa shape index (κ2) is 6.61. The number of carbonyl (C=O) groups is 1. The van der Waals surface area contributed by atoms with Gasteiger partial charge in [0.1, 0.15) is 15.6 Å². The van der Waals surface area contributed by atoms with E-state index >= 15 is 0 Å². The molecule has 0 atom stereocenters. The van der Waals surface area contributed by atoms with E-state index in [0.29, 0.717) is 11.4 Å². The smallest absolute Gasteiger partial charge is 0.270 e. The van der Waals surface area contributed by atoms with Crippen molar-refractivity contribution in [1.29, 1.82) is 0 Å². The molecule has 0 saturated heterocycles. The van der Waals surface area contributed by atoms with Crippen LogP contribution < -0.4 is 9.64 Å². The van der Waals surface area contributed by atoms with Crippen LogP contribution in [0.15, 0.2) is 35.0 Å². The molecule has 1 aromatic carbocycles. The third kappa shape index (κ3) is 2.85. The lowest BCUT2D eigenvalue weighted by atomic mass is 10.0. The molecule has 4 nitrogen and oxygen atoms in total. The lowest BCUT2D eigenvalue weighted by Gasteiger charge is -2.30. The summed E-state index contributed by atoms with van der Waals surface area (Å²) < 4.78 is 5.52. The van der Waals surface area contributed by atoms with Crippen LogP contribution in [0.4, 0.5) is 5.69 Å². The van der Waals surface area contributed by atoms with Crippen LogP contribution in [0.1, 0.15) is 27.3 Å². The fourth-order valence-corrected chi connectivity index (χ4v) is 4.94. The van der Waals surface area contributed by atoms with Crippen LogP contribution in [0.25, 0.3) is 10.6 Å². The number of aryl methyl sites for hydroxylation is 2. The molecule has 4 rings (SSSR count). The van der Waals surface area contributed by atoms with Crippen molar-refractivity contribution in [1.82, 2.24) is 4.98 Å². The lowest BCUT2D eigenvalue weighted by Crippen LogP contribution is -2.35. The van der Waals surface area contributed by atoms with Gasteiger partial charge in [-0.2, -0.15) is 11.3 Å². The monoisotopic (exact) mass is 370 g/mol. The number of anilines is 1. The summed E-state index contributed by atoms with van der Waals surface area (Å²) in [6, 6.07) is 8.02. The van der Waals surface area contributed by atoms with Gasteiger partial charge in [0.25, 0.3) is 5.91 Å². The van der Waals surface area contributed by atoms with Gasteiger partial charge in [-0.25, -0.2) is 4.98 Å². The molecule has 0 fully saturated rings.